The molecular weight excluding hydrogens is 371 g/mol. The highest BCUT2D eigenvalue weighted by molar-refractivity contribution is 7.89. The number of anilines is 1. The summed E-state index contributed by atoms with van der Waals surface area (Å²) < 4.78 is 26.8. The van der Waals surface area contributed by atoms with E-state index in [1.807, 2.05) is 6.92 Å². The molecule has 0 saturated heterocycles. The number of halogens is 2. The second-order valence-electron chi connectivity index (χ2n) is 5.25. The summed E-state index contributed by atoms with van der Waals surface area (Å²) in [4.78, 5) is 12.2. The lowest BCUT2D eigenvalue weighted by Crippen LogP contribution is -2.41. The monoisotopic (exact) mass is 386 g/mol. The molecule has 24 heavy (non-hydrogen) atoms. The molecule has 2 aromatic rings. The Labute approximate surface area is 151 Å². The molecule has 0 saturated carbocycles. The van der Waals surface area contributed by atoms with Gasteiger partial charge in [-0.05, 0) is 55.8 Å². The van der Waals surface area contributed by atoms with Crippen LogP contribution in [0.4, 0.5) is 5.69 Å². The number of benzene rings is 2. The Morgan fingerprint density at radius 2 is 1.71 bits per heavy atom. The van der Waals surface area contributed by atoms with Crippen molar-refractivity contribution in [3.8, 4) is 0 Å². The number of hydrogen-bond acceptors (Lipinski definition) is 3. The van der Waals surface area contributed by atoms with Gasteiger partial charge in [-0.25, -0.2) is 8.42 Å². The molecule has 1 atom stereocenters. The van der Waals surface area contributed by atoms with E-state index in [1.54, 1.807) is 18.2 Å². The zero-order valence-electron chi connectivity index (χ0n) is 13.0. The van der Waals surface area contributed by atoms with Gasteiger partial charge < -0.3 is 5.32 Å². The Bertz CT molecular complexity index is 852. The fourth-order valence-corrected chi connectivity index (χ4v) is 3.40. The van der Waals surface area contributed by atoms with E-state index in [9.17, 15) is 13.2 Å². The van der Waals surface area contributed by atoms with Gasteiger partial charge >= 0.3 is 0 Å². The van der Waals surface area contributed by atoms with Crippen LogP contribution < -0.4 is 10.0 Å². The number of hydrogen-bond donors (Lipinski definition) is 2. The topological polar surface area (TPSA) is 75.3 Å². The van der Waals surface area contributed by atoms with E-state index in [-0.39, 0.29) is 4.90 Å². The summed E-state index contributed by atoms with van der Waals surface area (Å²) in [6.45, 7) is 3.30. The third-order valence-electron chi connectivity index (χ3n) is 3.29. The fourth-order valence-electron chi connectivity index (χ4n) is 1.89. The van der Waals surface area contributed by atoms with Gasteiger partial charge in [-0.1, -0.05) is 29.3 Å². The molecule has 0 heterocycles. The van der Waals surface area contributed by atoms with Gasteiger partial charge in [-0.2, -0.15) is 4.72 Å². The van der Waals surface area contributed by atoms with Crippen molar-refractivity contribution in [2.24, 2.45) is 0 Å². The molecule has 0 aliphatic heterocycles. The summed E-state index contributed by atoms with van der Waals surface area (Å²) >= 11 is 11.7. The molecule has 0 fully saturated rings. The van der Waals surface area contributed by atoms with Crippen molar-refractivity contribution >= 4 is 44.8 Å². The maximum atomic E-state index is 12.3. The minimum Gasteiger partial charge on any atom is -0.325 e. The molecule has 2 aromatic carbocycles. The normalized spacial score (nSPS) is 12.7. The van der Waals surface area contributed by atoms with Gasteiger partial charge in [-0.15, -0.1) is 0 Å². The number of carbonyl (C=O) groups excluding carboxylic acids is 1. The van der Waals surface area contributed by atoms with Crippen LogP contribution in [0.5, 0.6) is 0 Å². The molecule has 0 bridgehead atoms. The summed E-state index contributed by atoms with van der Waals surface area (Å²) in [5, 5.41) is 3.56. The van der Waals surface area contributed by atoms with Crippen molar-refractivity contribution in [3.63, 3.8) is 0 Å². The van der Waals surface area contributed by atoms with Crippen LogP contribution in [0.3, 0.4) is 0 Å². The summed E-state index contributed by atoms with van der Waals surface area (Å²) in [6.07, 6.45) is 0. The molecule has 1 unspecified atom stereocenters. The van der Waals surface area contributed by atoms with Crippen LogP contribution in [0.25, 0.3) is 0 Å². The Hall–Kier alpha value is -1.60. The molecule has 0 aliphatic rings. The molecule has 0 radical (unpaired) electrons. The molecular formula is C16H16Cl2N2O3S. The zero-order chi connectivity index (χ0) is 17.9. The van der Waals surface area contributed by atoms with E-state index in [0.29, 0.717) is 15.7 Å². The van der Waals surface area contributed by atoms with Gasteiger partial charge in [0.15, 0.2) is 0 Å². The van der Waals surface area contributed by atoms with Crippen LogP contribution in [0.1, 0.15) is 12.5 Å². The Balaban J connectivity index is 2.07. The summed E-state index contributed by atoms with van der Waals surface area (Å²) in [7, 11) is -3.82. The van der Waals surface area contributed by atoms with Gasteiger partial charge in [0.2, 0.25) is 15.9 Å². The standard InChI is InChI=1S/C16H16Cl2N2O3S/c1-10-3-6-13(9-15(10)18)19-16(21)11(2)20-24(22,23)14-7-4-12(17)5-8-14/h3-9,11,20H,1-2H3,(H,19,21). The van der Waals surface area contributed by atoms with Gasteiger partial charge in [-0.3, -0.25) is 4.79 Å². The van der Waals surface area contributed by atoms with Gasteiger partial charge in [0.05, 0.1) is 10.9 Å². The largest absolute Gasteiger partial charge is 0.325 e. The van der Waals surface area contributed by atoms with Crippen molar-refractivity contribution in [3.05, 3.63) is 58.1 Å². The minimum absolute atomic E-state index is 0.0323. The third-order valence-corrected chi connectivity index (χ3v) is 5.50. The maximum absolute atomic E-state index is 12.3. The first-order valence-corrected chi connectivity index (χ1v) is 9.28. The van der Waals surface area contributed by atoms with E-state index < -0.39 is 22.0 Å². The van der Waals surface area contributed by atoms with Gasteiger partial charge in [0, 0.05) is 15.7 Å². The second-order valence-corrected chi connectivity index (χ2v) is 7.81. The molecule has 0 spiro atoms. The molecule has 0 aromatic heterocycles. The highest BCUT2D eigenvalue weighted by Crippen LogP contribution is 2.20. The number of carbonyl (C=O) groups is 1. The molecule has 128 valence electrons. The molecule has 5 nitrogen and oxygen atoms in total. The van der Waals surface area contributed by atoms with Crippen LogP contribution in [0.15, 0.2) is 47.4 Å². The first-order valence-electron chi connectivity index (χ1n) is 7.04. The predicted octanol–water partition coefficient (Wildman–Crippen LogP) is 3.61. The van der Waals surface area contributed by atoms with E-state index in [4.69, 9.17) is 23.2 Å². The summed E-state index contributed by atoms with van der Waals surface area (Å²) in [5.41, 5.74) is 1.37. The Kier molecular flexibility index (Phi) is 5.87. The number of nitrogens with one attached hydrogen (secondary N) is 2. The number of aryl methyl sites for hydroxylation is 1. The van der Waals surface area contributed by atoms with E-state index in [1.165, 1.54) is 31.2 Å². The lowest BCUT2D eigenvalue weighted by molar-refractivity contribution is -0.117. The number of rotatable bonds is 5. The van der Waals surface area contributed by atoms with Crippen molar-refractivity contribution in [2.45, 2.75) is 24.8 Å². The van der Waals surface area contributed by atoms with Crippen LogP contribution in [-0.2, 0) is 14.8 Å². The fraction of sp³-hybridized carbons (Fsp3) is 0.188. The van der Waals surface area contributed by atoms with Crippen molar-refractivity contribution < 1.29 is 13.2 Å². The van der Waals surface area contributed by atoms with Crippen molar-refractivity contribution in [2.75, 3.05) is 5.32 Å². The summed E-state index contributed by atoms with van der Waals surface area (Å²) in [5.74, 6) is -0.493. The second kappa shape index (κ2) is 7.53. The van der Waals surface area contributed by atoms with Crippen molar-refractivity contribution in [1.82, 2.24) is 4.72 Å². The maximum Gasteiger partial charge on any atom is 0.242 e. The molecule has 2 rings (SSSR count). The number of amides is 1. The lowest BCUT2D eigenvalue weighted by Gasteiger charge is -2.15. The smallest absolute Gasteiger partial charge is 0.242 e. The van der Waals surface area contributed by atoms with Gasteiger partial charge in [0.1, 0.15) is 0 Å². The van der Waals surface area contributed by atoms with Crippen LogP contribution in [-0.4, -0.2) is 20.4 Å². The molecule has 8 heteroatoms. The first kappa shape index (κ1) is 18.7. The molecule has 1 amide bonds. The van der Waals surface area contributed by atoms with Gasteiger partial charge in [0.25, 0.3) is 0 Å². The van der Waals surface area contributed by atoms with Crippen molar-refractivity contribution in [1.29, 1.82) is 0 Å². The lowest BCUT2D eigenvalue weighted by atomic mass is 10.2. The van der Waals surface area contributed by atoms with Crippen LogP contribution in [0.2, 0.25) is 10.0 Å². The summed E-state index contributed by atoms with van der Waals surface area (Å²) in [6, 6.07) is 9.77. The van der Waals surface area contributed by atoms with Crippen LogP contribution >= 0.6 is 23.2 Å². The average molecular weight is 387 g/mol. The quantitative estimate of drug-likeness (QED) is 0.823. The predicted molar refractivity (Wildman–Crippen MR) is 96.1 cm³/mol. The molecule has 2 N–H and O–H groups in total. The van der Waals surface area contributed by atoms with E-state index in [2.05, 4.69) is 10.0 Å². The van der Waals surface area contributed by atoms with Crippen LogP contribution in [0, 0.1) is 6.92 Å². The Morgan fingerprint density at radius 1 is 1.08 bits per heavy atom. The third kappa shape index (κ3) is 4.70. The number of sulfonamides is 1. The SMILES string of the molecule is Cc1ccc(NC(=O)C(C)NS(=O)(=O)c2ccc(Cl)cc2)cc1Cl. The zero-order valence-corrected chi connectivity index (χ0v) is 15.3. The highest BCUT2D eigenvalue weighted by Gasteiger charge is 2.22. The molecule has 0 aliphatic carbocycles. The highest BCUT2D eigenvalue weighted by atomic mass is 35.5. The minimum atomic E-state index is -3.82. The van der Waals surface area contributed by atoms with E-state index in [0.717, 1.165) is 5.56 Å². The Morgan fingerprint density at radius 3 is 2.29 bits per heavy atom. The van der Waals surface area contributed by atoms with E-state index >= 15 is 0 Å². The first-order chi connectivity index (χ1) is 11.2. The average Bonchev–Trinajstić information content (AvgIpc) is 2.51.